The number of halogens is 1. The zero-order valence-electron chi connectivity index (χ0n) is 15.8. The molecule has 0 atom stereocenters. The molecule has 0 bridgehead atoms. The van der Waals surface area contributed by atoms with E-state index in [1.54, 1.807) is 18.9 Å². The van der Waals surface area contributed by atoms with E-state index in [9.17, 15) is 13.2 Å². The number of hydrogen-bond acceptors (Lipinski definition) is 6. The summed E-state index contributed by atoms with van der Waals surface area (Å²) < 4.78 is 33.2. The van der Waals surface area contributed by atoms with Crippen LogP contribution >= 0.6 is 34.7 Å². The number of thiazole rings is 1. The molecule has 0 saturated carbocycles. The van der Waals surface area contributed by atoms with Gasteiger partial charge in [-0.25, -0.2) is 8.42 Å². The van der Waals surface area contributed by atoms with Gasteiger partial charge < -0.3 is 9.30 Å². The Labute approximate surface area is 182 Å². The number of amides is 1. The molecule has 2 aromatic carbocycles. The van der Waals surface area contributed by atoms with Gasteiger partial charge in [-0.05, 0) is 42.7 Å². The largest absolute Gasteiger partial charge is 0.497 e. The van der Waals surface area contributed by atoms with Crippen molar-refractivity contribution in [3.05, 3.63) is 52.3 Å². The maximum absolute atomic E-state index is 12.5. The molecule has 0 unspecified atom stereocenters. The van der Waals surface area contributed by atoms with Gasteiger partial charge in [0.15, 0.2) is 14.6 Å². The molecule has 3 aromatic rings. The fraction of sp³-hybridized carbons (Fsp3) is 0.263. The summed E-state index contributed by atoms with van der Waals surface area (Å²) in [6.07, 6.45) is 2.00. The highest BCUT2D eigenvalue weighted by molar-refractivity contribution is 7.98. The summed E-state index contributed by atoms with van der Waals surface area (Å²) in [7, 11) is -2.20. The Hall–Kier alpha value is -1.81. The minimum atomic E-state index is -3.80. The number of carbonyl (C=O) groups excluding carboxylic acids is 1. The van der Waals surface area contributed by atoms with Crippen LogP contribution in [0.15, 0.2) is 52.4 Å². The molecule has 3 rings (SSSR count). The molecule has 29 heavy (non-hydrogen) atoms. The number of hydrogen-bond donors (Lipinski definition) is 0. The summed E-state index contributed by atoms with van der Waals surface area (Å²) in [5.41, 5.74) is 0.899. The van der Waals surface area contributed by atoms with E-state index in [-0.39, 0.29) is 4.90 Å². The Bertz CT molecular complexity index is 1200. The van der Waals surface area contributed by atoms with Crippen LogP contribution in [0.5, 0.6) is 5.75 Å². The number of fused-ring (bicyclic) bond motifs is 1. The zero-order valence-corrected chi connectivity index (χ0v) is 19.0. The Morgan fingerprint density at radius 3 is 2.62 bits per heavy atom. The van der Waals surface area contributed by atoms with Gasteiger partial charge in [-0.1, -0.05) is 22.9 Å². The smallest absolute Gasteiger partial charge is 0.263 e. The summed E-state index contributed by atoms with van der Waals surface area (Å²) in [6, 6.07) is 11.4. The number of aryl methyl sites for hydroxylation is 1. The van der Waals surface area contributed by atoms with Gasteiger partial charge in [0.1, 0.15) is 11.5 Å². The van der Waals surface area contributed by atoms with Gasteiger partial charge in [0.2, 0.25) is 0 Å². The van der Waals surface area contributed by atoms with Gasteiger partial charge in [-0.2, -0.15) is 16.8 Å². The fourth-order valence-corrected chi connectivity index (χ4v) is 5.34. The van der Waals surface area contributed by atoms with Gasteiger partial charge >= 0.3 is 0 Å². The second-order valence-corrected chi connectivity index (χ2v) is 10.5. The van der Waals surface area contributed by atoms with Gasteiger partial charge in [-0.3, -0.25) is 4.79 Å². The summed E-state index contributed by atoms with van der Waals surface area (Å²) in [4.78, 5) is 17.1. The predicted molar refractivity (Wildman–Crippen MR) is 119 cm³/mol. The van der Waals surface area contributed by atoms with Crippen molar-refractivity contribution in [3.8, 4) is 5.75 Å². The molecule has 0 saturated heterocycles. The first-order valence-electron chi connectivity index (χ1n) is 8.56. The van der Waals surface area contributed by atoms with Gasteiger partial charge in [0, 0.05) is 23.4 Å². The number of aromatic nitrogens is 1. The normalized spacial score (nSPS) is 12.4. The third-order valence-electron chi connectivity index (χ3n) is 4.11. The summed E-state index contributed by atoms with van der Waals surface area (Å²) >= 11 is 8.82. The molecule has 0 aliphatic heterocycles. The Morgan fingerprint density at radius 1 is 1.24 bits per heavy atom. The van der Waals surface area contributed by atoms with E-state index < -0.39 is 21.5 Å². The van der Waals surface area contributed by atoms with Crippen LogP contribution in [-0.2, 0) is 21.2 Å². The van der Waals surface area contributed by atoms with Crippen molar-refractivity contribution >= 4 is 60.7 Å². The van der Waals surface area contributed by atoms with E-state index >= 15 is 0 Å². The van der Waals surface area contributed by atoms with Crippen molar-refractivity contribution in [2.75, 3.05) is 24.9 Å². The summed E-state index contributed by atoms with van der Waals surface area (Å²) in [5.74, 6) is 0.121. The zero-order chi connectivity index (χ0) is 21.0. The number of carbonyl (C=O) groups is 1. The van der Waals surface area contributed by atoms with Crippen molar-refractivity contribution in [2.24, 2.45) is 4.99 Å². The minimum absolute atomic E-state index is 0.0433. The third kappa shape index (κ3) is 5.22. The highest BCUT2D eigenvalue weighted by atomic mass is 35.5. The molecular weight excluding hydrogens is 452 g/mol. The van der Waals surface area contributed by atoms with Crippen molar-refractivity contribution in [3.63, 3.8) is 0 Å². The SMILES string of the molecule is COc1ccc2sc(=NC(=O)CS(=O)(=O)c3ccc(Cl)cc3)n(CCSC)c2c1. The quantitative estimate of drug-likeness (QED) is 0.527. The van der Waals surface area contributed by atoms with Crippen molar-refractivity contribution in [2.45, 2.75) is 11.4 Å². The number of nitrogens with zero attached hydrogens (tertiary/aromatic N) is 2. The van der Waals surface area contributed by atoms with Crippen LogP contribution in [0.2, 0.25) is 5.02 Å². The lowest BCUT2D eigenvalue weighted by molar-refractivity contribution is -0.115. The molecule has 0 fully saturated rings. The van der Waals surface area contributed by atoms with Gasteiger partial charge in [-0.15, -0.1) is 0 Å². The average molecular weight is 471 g/mol. The lowest BCUT2D eigenvalue weighted by Crippen LogP contribution is -2.21. The Kier molecular flexibility index (Phi) is 7.05. The highest BCUT2D eigenvalue weighted by Gasteiger charge is 2.19. The van der Waals surface area contributed by atoms with Crippen molar-refractivity contribution in [1.82, 2.24) is 4.57 Å². The number of methoxy groups -OCH3 is 1. The topological polar surface area (TPSA) is 77.7 Å². The van der Waals surface area contributed by atoms with E-state index in [2.05, 4.69) is 4.99 Å². The molecule has 6 nitrogen and oxygen atoms in total. The highest BCUT2D eigenvalue weighted by Crippen LogP contribution is 2.23. The van der Waals surface area contributed by atoms with Crippen LogP contribution in [0.1, 0.15) is 0 Å². The summed E-state index contributed by atoms with van der Waals surface area (Å²) in [6.45, 7) is 0.643. The molecular formula is C19H19ClN2O4S3. The fourth-order valence-electron chi connectivity index (χ4n) is 2.69. The van der Waals surface area contributed by atoms with Crippen molar-refractivity contribution < 1.29 is 17.9 Å². The van der Waals surface area contributed by atoms with E-state index in [4.69, 9.17) is 16.3 Å². The van der Waals surface area contributed by atoms with Crippen LogP contribution in [0.3, 0.4) is 0 Å². The molecule has 154 valence electrons. The molecule has 0 N–H and O–H groups in total. The first-order chi connectivity index (χ1) is 13.8. The van der Waals surface area contributed by atoms with Crippen LogP contribution in [0, 0.1) is 0 Å². The number of sulfone groups is 1. The van der Waals surface area contributed by atoms with E-state index in [1.165, 1.54) is 35.6 Å². The minimum Gasteiger partial charge on any atom is -0.497 e. The Morgan fingerprint density at radius 2 is 1.97 bits per heavy atom. The number of ether oxygens (including phenoxy) is 1. The molecule has 10 heteroatoms. The molecule has 0 aliphatic carbocycles. The van der Waals surface area contributed by atoms with Crippen LogP contribution in [0.25, 0.3) is 10.2 Å². The standard InChI is InChI=1S/C19H19ClN2O4S3/c1-26-14-5-8-17-16(11-14)22(9-10-27-2)19(28-17)21-18(23)12-29(24,25)15-6-3-13(20)4-7-15/h3-8,11H,9-10,12H2,1-2H3. The molecule has 0 aliphatic rings. The van der Waals surface area contributed by atoms with Crippen LogP contribution < -0.4 is 9.54 Å². The van der Waals surface area contributed by atoms with E-state index in [1.807, 2.05) is 29.0 Å². The first-order valence-corrected chi connectivity index (χ1v) is 12.8. The summed E-state index contributed by atoms with van der Waals surface area (Å²) in [5, 5.41) is 0.426. The van der Waals surface area contributed by atoms with Gasteiger partial charge in [0.05, 0.1) is 22.2 Å². The molecule has 1 amide bonds. The Balaban J connectivity index is 1.97. The van der Waals surface area contributed by atoms with Crippen LogP contribution in [-0.4, -0.2) is 43.8 Å². The molecule has 0 radical (unpaired) electrons. The third-order valence-corrected chi connectivity index (χ3v) is 7.63. The van der Waals surface area contributed by atoms with Gasteiger partial charge in [0.25, 0.3) is 5.91 Å². The maximum Gasteiger partial charge on any atom is 0.263 e. The lowest BCUT2D eigenvalue weighted by Gasteiger charge is -2.05. The van der Waals surface area contributed by atoms with Crippen LogP contribution in [0.4, 0.5) is 0 Å². The number of thioether (sulfide) groups is 1. The second-order valence-electron chi connectivity index (χ2n) is 6.08. The molecule has 1 heterocycles. The predicted octanol–water partition coefficient (Wildman–Crippen LogP) is 3.63. The monoisotopic (exact) mass is 470 g/mol. The van der Waals surface area contributed by atoms with E-state index in [0.717, 1.165) is 16.0 Å². The molecule has 1 aromatic heterocycles. The number of benzene rings is 2. The maximum atomic E-state index is 12.5. The lowest BCUT2D eigenvalue weighted by atomic mass is 10.3. The second kappa shape index (κ2) is 9.34. The first kappa shape index (κ1) is 21.9. The van der Waals surface area contributed by atoms with Crippen molar-refractivity contribution in [1.29, 1.82) is 0 Å². The van der Waals surface area contributed by atoms with E-state index in [0.29, 0.717) is 22.1 Å². The molecule has 0 spiro atoms. The average Bonchev–Trinajstić information content (AvgIpc) is 3.02. The number of rotatable bonds is 7.